The molecule has 2 aromatic carbocycles. The average Bonchev–Trinajstić information content (AvgIpc) is 2.97. The van der Waals surface area contributed by atoms with E-state index in [1.807, 2.05) is 30.3 Å². The molecule has 1 atom stereocenters. The molecule has 140 valence electrons. The third kappa shape index (κ3) is 3.57. The minimum atomic E-state index is -0.708. The van der Waals surface area contributed by atoms with Gasteiger partial charge < -0.3 is 19.5 Å². The number of carbonyl (C=O) groups excluding carboxylic acids is 2. The Morgan fingerprint density at radius 1 is 1.07 bits per heavy atom. The number of carbonyl (C=O) groups is 2. The third-order valence-electron chi connectivity index (χ3n) is 4.53. The Morgan fingerprint density at radius 2 is 1.81 bits per heavy atom. The van der Waals surface area contributed by atoms with Crippen LogP contribution in [-0.4, -0.2) is 49.1 Å². The number of Topliss-reactive ketones (excluding diaryl/α,β-unsaturated/α-hetero) is 1. The predicted molar refractivity (Wildman–Crippen MR) is 100 cm³/mol. The first-order chi connectivity index (χ1) is 13.1. The molecule has 27 heavy (non-hydrogen) atoms. The number of ether oxygens (including phenoxy) is 2. The van der Waals surface area contributed by atoms with Crippen molar-refractivity contribution in [3.05, 3.63) is 71.3 Å². The van der Waals surface area contributed by atoms with Crippen molar-refractivity contribution >= 4 is 17.4 Å². The lowest BCUT2D eigenvalue weighted by atomic mass is 9.95. The Hall–Kier alpha value is -3.12. The zero-order valence-corrected chi connectivity index (χ0v) is 15.2. The van der Waals surface area contributed by atoms with Crippen LogP contribution in [0.1, 0.15) is 17.2 Å². The first-order valence-electron chi connectivity index (χ1n) is 8.55. The highest BCUT2D eigenvalue weighted by Gasteiger charge is 2.45. The van der Waals surface area contributed by atoms with Crippen LogP contribution in [0.2, 0.25) is 0 Å². The van der Waals surface area contributed by atoms with E-state index in [0.29, 0.717) is 11.3 Å². The summed E-state index contributed by atoms with van der Waals surface area (Å²) in [6, 6.07) is 15.2. The topological polar surface area (TPSA) is 76.1 Å². The molecule has 1 aliphatic rings. The van der Waals surface area contributed by atoms with E-state index in [1.54, 1.807) is 24.3 Å². The molecule has 1 heterocycles. The lowest BCUT2D eigenvalue weighted by Crippen LogP contribution is -2.32. The number of amides is 1. The molecule has 1 unspecified atom stereocenters. The van der Waals surface area contributed by atoms with Crippen molar-refractivity contribution in [1.29, 1.82) is 0 Å². The van der Waals surface area contributed by atoms with Gasteiger partial charge in [-0.2, -0.15) is 0 Å². The number of methoxy groups -OCH3 is 2. The number of rotatable bonds is 6. The van der Waals surface area contributed by atoms with Gasteiger partial charge in [-0.3, -0.25) is 9.59 Å². The molecule has 0 bridgehead atoms. The fourth-order valence-corrected chi connectivity index (χ4v) is 3.21. The molecule has 6 heteroatoms. The largest absolute Gasteiger partial charge is 0.507 e. The van der Waals surface area contributed by atoms with Gasteiger partial charge in [0.25, 0.3) is 11.7 Å². The number of hydrogen-bond donors (Lipinski definition) is 1. The van der Waals surface area contributed by atoms with Gasteiger partial charge in [-0.1, -0.05) is 42.5 Å². The molecule has 0 spiro atoms. The van der Waals surface area contributed by atoms with Crippen LogP contribution in [0.25, 0.3) is 5.76 Å². The summed E-state index contributed by atoms with van der Waals surface area (Å²) in [6.45, 7) is 0.533. The number of hydrogen-bond acceptors (Lipinski definition) is 5. The second-order valence-electron chi connectivity index (χ2n) is 6.13. The lowest BCUT2D eigenvalue weighted by molar-refractivity contribution is -0.140. The maximum Gasteiger partial charge on any atom is 0.295 e. The third-order valence-corrected chi connectivity index (χ3v) is 4.53. The number of ketones is 1. The number of aliphatic hydroxyl groups is 1. The van der Waals surface area contributed by atoms with Crippen LogP contribution in [0.5, 0.6) is 5.75 Å². The van der Waals surface area contributed by atoms with Crippen LogP contribution in [0, 0.1) is 0 Å². The second-order valence-corrected chi connectivity index (χ2v) is 6.13. The Bertz CT molecular complexity index is 875. The molecule has 0 radical (unpaired) electrons. The van der Waals surface area contributed by atoms with E-state index in [1.165, 1.54) is 19.1 Å². The summed E-state index contributed by atoms with van der Waals surface area (Å²) in [7, 11) is 3.05. The van der Waals surface area contributed by atoms with Crippen molar-refractivity contribution in [2.24, 2.45) is 0 Å². The zero-order chi connectivity index (χ0) is 19.4. The van der Waals surface area contributed by atoms with Crippen LogP contribution in [0.3, 0.4) is 0 Å². The Kier molecular flexibility index (Phi) is 5.57. The van der Waals surface area contributed by atoms with E-state index < -0.39 is 17.7 Å². The summed E-state index contributed by atoms with van der Waals surface area (Å²) in [5, 5.41) is 10.9. The quantitative estimate of drug-likeness (QED) is 0.483. The van der Waals surface area contributed by atoms with Crippen LogP contribution in [0.4, 0.5) is 0 Å². The highest BCUT2D eigenvalue weighted by Crippen LogP contribution is 2.39. The molecule has 0 aliphatic carbocycles. The van der Waals surface area contributed by atoms with Gasteiger partial charge in [0.15, 0.2) is 0 Å². The molecule has 1 amide bonds. The van der Waals surface area contributed by atoms with Gasteiger partial charge in [-0.05, 0) is 17.7 Å². The monoisotopic (exact) mass is 367 g/mol. The van der Waals surface area contributed by atoms with Crippen LogP contribution in [0.15, 0.2) is 60.2 Å². The molecule has 6 nitrogen and oxygen atoms in total. The maximum absolute atomic E-state index is 12.8. The SMILES string of the molecule is COCCN1C(=O)C(=O)C(=C(O)c2cccc(OC)c2)C1c1ccccc1. The molecule has 2 aromatic rings. The minimum Gasteiger partial charge on any atom is -0.507 e. The van der Waals surface area contributed by atoms with Crippen LogP contribution in [-0.2, 0) is 14.3 Å². The molecule has 1 aliphatic heterocycles. The van der Waals surface area contributed by atoms with Crippen molar-refractivity contribution < 1.29 is 24.2 Å². The molecule has 3 rings (SSSR count). The zero-order valence-electron chi connectivity index (χ0n) is 15.2. The van der Waals surface area contributed by atoms with Crippen LogP contribution >= 0.6 is 0 Å². The molecule has 1 saturated heterocycles. The Balaban J connectivity index is 2.15. The molecular formula is C21H21NO5. The summed E-state index contributed by atoms with van der Waals surface area (Å²) in [5.74, 6) is -1.03. The summed E-state index contributed by atoms with van der Waals surface area (Å²) in [6.07, 6.45) is 0. The van der Waals surface area contributed by atoms with Crippen molar-refractivity contribution in [2.75, 3.05) is 27.4 Å². The first-order valence-corrected chi connectivity index (χ1v) is 8.55. The molecule has 1 N–H and O–H groups in total. The standard InChI is InChI=1S/C21H21NO5/c1-26-12-11-22-18(14-7-4-3-5-8-14)17(20(24)21(22)25)19(23)15-9-6-10-16(13-15)27-2/h3-10,13,18,23H,11-12H2,1-2H3. The molecule has 1 fully saturated rings. The number of likely N-dealkylation sites (tertiary alicyclic amines) is 1. The maximum atomic E-state index is 12.8. The van der Waals surface area contributed by atoms with Gasteiger partial charge in [0, 0.05) is 19.2 Å². The van der Waals surface area contributed by atoms with E-state index >= 15 is 0 Å². The van der Waals surface area contributed by atoms with Crippen molar-refractivity contribution in [2.45, 2.75) is 6.04 Å². The van der Waals surface area contributed by atoms with Gasteiger partial charge in [-0.25, -0.2) is 0 Å². The first kappa shape index (κ1) is 18.7. The van der Waals surface area contributed by atoms with Gasteiger partial charge in [0.1, 0.15) is 11.5 Å². The van der Waals surface area contributed by atoms with Gasteiger partial charge in [0.2, 0.25) is 0 Å². The van der Waals surface area contributed by atoms with E-state index in [0.717, 1.165) is 5.56 Å². The average molecular weight is 367 g/mol. The van der Waals surface area contributed by atoms with Gasteiger partial charge in [-0.15, -0.1) is 0 Å². The molecular weight excluding hydrogens is 346 g/mol. The fourth-order valence-electron chi connectivity index (χ4n) is 3.21. The van der Waals surface area contributed by atoms with Crippen molar-refractivity contribution in [1.82, 2.24) is 4.90 Å². The van der Waals surface area contributed by atoms with E-state index in [4.69, 9.17) is 9.47 Å². The number of benzene rings is 2. The van der Waals surface area contributed by atoms with E-state index in [9.17, 15) is 14.7 Å². The molecule has 0 saturated carbocycles. The van der Waals surface area contributed by atoms with Crippen molar-refractivity contribution in [3.8, 4) is 5.75 Å². The van der Waals surface area contributed by atoms with Gasteiger partial charge >= 0.3 is 0 Å². The number of aliphatic hydroxyl groups excluding tert-OH is 1. The summed E-state index contributed by atoms with van der Waals surface area (Å²) >= 11 is 0. The smallest absolute Gasteiger partial charge is 0.295 e. The van der Waals surface area contributed by atoms with Crippen molar-refractivity contribution in [3.63, 3.8) is 0 Å². The summed E-state index contributed by atoms with van der Waals surface area (Å²) in [5.41, 5.74) is 1.23. The predicted octanol–water partition coefficient (Wildman–Crippen LogP) is 2.76. The summed E-state index contributed by atoms with van der Waals surface area (Å²) < 4.78 is 10.3. The highest BCUT2D eigenvalue weighted by molar-refractivity contribution is 6.46. The van der Waals surface area contributed by atoms with Crippen LogP contribution < -0.4 is 4.74 Å². The molecule has 0 aromatic heterocycles. The fraction of sp³-hybridized carbons (Fsp3) is 0.238. The summed E-state index contributed by atoms with van der Waals surface area (Å²) in [4.78, 5) is 26.8. The lowest BCUT2D eigenvalue weighted by Gasteiger charge is -2.25. The highest BCUT2D eigenvalue weighted by atomic mass is 16.5. The minimum absolute atomic E-state index is 0.0653. The Labute approximate surface area is 157 Å². The Morgan fingerprint density at radius 3 is 2.48 bits per heavy atom. The van der Waals surface area contributed by atoms with Gasteiger partial charge in [0.05, 0.1) is 25.3 Å². The van der Waals surface area contributed by atoms with E-state index in [2.05, 4.69) is 0 Å². The number of nitrogens with zero attached hydrogens (tertiary/aromatic N) is 1. The second kappa shape index (κ2) is 8.05. The van der Waals surface area contributed by atoms with E-state index in [-0.39, 0.29) is 24.5 Å². The normalized spacial score (nSPS) is 18.7.